The summed E-state index contributed by atoms with van der Waals surface area (Å²) in [6, 6.07) is 10.5. The molecule has 2 aromatic rings. The average Bonchev–Trinajstić information content (AvgIpc) is 2.85. The Balaban J connectivity index is 1.67. The Bertz CT molecular complexity index is 730. The van der Waals surface area contributed by atoms with Gasteiger partial charge in [0.15, 0.2) is 0 Å². The van der Waals surface area contributed by atoms with Crippen LogP contribution >= 0.6 is 0 Å². The highest BCUT2D eigenvalue weighted by Gasteiger charge is 2.20. The molecule has 5 heteroatoms. The van der Waals surface area contributed by atoms with Crippen molar-refractivity contribution in [3.63, 3.8) is 0 Å². The summed E-state index contributed by atoms with van der Waals surface area (Å²) in [5.41, 5.74) is 3.63. The smallest absolute Gasteiger partial charge is 0.238 e. The largest absolute Gasteiger partial charge is 0.322 e. The van der Waals surface area contributed by atoms with Crippen molar-refractivity contribution in [2.24, 2.45) is 0 Å². The second-order valence-electron chi connectivity index (χ2n) is 7.40. The minimum atomic E-state index is 0.0376. The van der Waals surface area contributed by atoms with Gasteiger partial charge in [-0.05, 0) is 45.9 Å². The molecular formula is C21H30N4O. The molecule has 0 radical (unpaired) electrons. The van der Waals surface area contributed by atoms with Gasteiger partial charge in [-0.3, -0.25) is 9.69 Å². The zero-order valence-electron chi connectivity index (χ0n) is 16.2. The minimum Gasteiger partial charge on any atom is -0.322 e. The van der Waals surface area contributed by atoms with Gasteiger partial charge < -0.3 is 5.32 Å². The van der Waals surface area contributed by atoms with Crippen molar-refractivity contribution in [1.82, 2.24) is 14.7 Å². The van der Waals surface area contributed by atoms with Gasteiger partial charge in [0.1, 0.15) is 0 Å². The molecule has 1 N–H and O–H groups in total. The molecule has 26 heavy (non-hydrogen) atoms. The molecule has 140 valence electrons. The first-order valence-corrected chi connectivity index (χ1v) is 9.68. The molecule has 1 saturated carbocycles. The summed E-state index contributed by atoms with van der Waals surface area (Å²) < 4.78 is 1.89. The molecule has 0 spiro atoms. The van der Waals surface area contributed by atoms with Gasteiger partial charge in [-0.2, -0.15) is 5.10 Å². The Morgan fingerprint density at radius 1 is 1.15 bits per heavy atom. The van der Waals surface area contributed by atoms with E-state index in [0.29, 0.717) is 12.6 Å². The van der Waals surface area contributed by atoms with E-state index in [4.69, 9.17) is 0 Å². The van der Waals surface area contributed by atoms with Gasteiger partial charge >= 0.3 is 0 Å². The van der Waals surface area contributed by atoms with E-state index in [9.17, 15) is 4.79 Å². The Morgan fingerprint density at radius 3 is 2.46 bits per heavy atom. The lowest BCUT2D eigenvalue weighted by Gasteiger charge is -2.26. The van der Waals surface area contributed by atoms with Gasteiger partial charge in [0.05, 0.1) is 29.3 Å². The van der Waals surface area contributed by atoms with Gasteiger partial charge in [-0.15, -0.1) is 0 Å². The van der Waals surface area contributed by atoms with Crippen molar-refractivity contribution in [2.45, 2.75) is 58.4 Å². The molecule has 1 aromatic heterocycles. The van der Waals surface area contributed by atoms with Crippen LogP contribution in [-0.2, 0) is 4.79 Å². The van der Waals surface area contributed by atoms with E-state index in [0.717, 1.165) is 22.8 Å². The molecule has 1 amide bonds. The standard InChI is InChI=1S/C21H30N4O/c1-16-21(17(2)25(23-16)19-13-9-6-10-14-19)22-20(26)15-24(3)18-11-7-4-5-8-12-18/h6,9-10,13-14,18H,4-5,7-8,11-12,15H2,1-3H3,(H,22,26). The van der Waals surface area contributed by atoms with Crippen molar-refractivity contribution < 1.29 is 4.79 Å². The lowest BCUT2D eigenvalue weighted by atomic mass is 10.1. The number of nitrogens with one attached hydrogen (secondary N) is 1. The van der Waals surface area contributed by atoms with Crippen molar-refractivity contribution in [2.75, 3.05) is 18.9 Å². The average molecular weight is 354 g/mol. The lowest BCUT2D eigenvalue weighted by molar-refractivity contribution is -0.117. The molecular weight excluding hydrogens is 324 g/mol. The molecule has 3 rings (SSSR count). The first-order valence-electron chi connectivity index (χ1n) is 9.68. The number of nitrogens with zero attached hydrogens (tertiary/aromatic N) is 3. The molecule has 0 saturated heterocycles. The van der Waals surface area contributed by atoms with Crippen LogP contribution < -0.4 is 5.32 Å². The van der Waals surface area contributed by atoms with Crippen LogP contribution in [0.3, 0.4) is 0 Å². The number of carbonyl (C=O) groups is 1. The van der Waals surface area contributed by atoms with Crippen LogP contribution in [0.4, 0.5) is 5.69 Å². The fraction of sp³-hybridized carbons (Fsp3) is 0.524. The third kappa shape index (κ3) is 4.33. The van der Waals surface area contributed by atoms with Crippen LogP contribution in [0.1, 0.15) is 49.9 Å². The fourth-order valence-electron chi connectivity index (χ4n) is 3.88. The van der Waals surface area contributed by atoms with Crippen LogP contribution in [0.2, 0.25) is 0 Å². The Hall–Kier alpha value is -2.14. The zero-order valence-corrected chi connectivity index (χ0v) is 16.2. The molecule has 5 nitrogen and oxygen atoms in total. The number of aromatic nitrogens is 2. The third-order valence-electron chi connectivity index (χ3n) is 5.40. The van der Waals surface area contributed by atoms with Gasteiger partial charge in [-0.25, -0.2) is 4.68 Å². The second kappa shape index (κ2) is 8.49. The van der Waals surface area contributed by atoms with Gasteiger partial charge in [0.25, 0.3) is 0 Å². The first-order chi connectivity index (χ1) is 12.6. The van der Waals surface area contributed by atoms with E-state index in [1.54, 1.807) is 0 Å². The summed E-state index contributed by atoms with van der Waals surface area (Å²) in [4.78, 5) is 14.8. The van der Waals surface area contributed by atoms with E-state index in [1.807, 2.05) is 48.9 Å². The number of anilines is 1. The number of likely N-dealkylation sites (N-methyl/N-ethyl adjacent to an activating group) is 1. The number of para-hydroxylation sites is 1. The molecule has 0 unspecified atom stereocenters. The molecule has 1 aromatic carbocycles. The Labute approximate surface area is 156 Å². The van der Waals surface area contributed by atoms with E-state index in [2.05, 4.69) is 22.4 Å². The molecule has 1 aliphatic carbocycles. The first kappa shape index (κ1) is 18.6. The maximum atomic E-state index is 12.6. The number of benzene rings is 1. The lowest BCUT2D eigenvalue weighted by Crippen LogP contribution is -2.37. The molecule has 0 atom stereocenters. The number of amides is 1. The summed E-state index contributed by atoms with van der Waals surface area (Å²) in [5.74, 6) is 0.0376. The van der Waals surface area contributed by atoms with Crippen LogP contribution in [0.25, 0.3) is 5.69 Å². The van der Waals surface area contributed by atoms with Gasteiger partial charge in [0, 0.05) is 6.04 Å². The number of hydrogen-bond acceptors (Lipinski definition) is 3. The highest BCUT2D eigenvalue weighted by atomic mass is 16.2. The summed E-state index contributed by atoms with van der Waals surface area (Å²) >= 11 is 0. The minimum absolute atomic E-state index is 0.0376. The van der Waals surface area contributed by atoms with E-state index in [1.165, 1.54) is 38.5 Å². The molecule has 0 bridgehead atoms. The maximum Gasteiger partial charge on any atom is 0.238 e. The highest BCUT2D eigenvalue weighted by molar-refractivity contribution is 5.93. The van der Waals surface area contributed by atoms with Crippen LogP contribution in [0, 0.1) is 13.8 Å². The second-order valence-corrected chi connectivity index (χ2v) is 7.40. The highest BCUT2D eigenvalue weighted by Crippen LogP contribution is 2.24. The molecule has 1 heterocycles. The summed E-state index contributed by atoms with van der Waals surface area (Å²) in [6.07, 6.45) is 7.61. The number of aryl methyl sites for hydroxylation is 1. The maximum absolute atomic E-state index is 12.6. The van der Waals surface area contributed by atoms with Crippen LogP contribution in [0.15, 0.2) is 30.3 Å². The quantitative estimate of drug-likeness (QED) is 0.823. The van der Waals surface area contributed by atoms with Crippen molar-refractivity contribution in [3.8, 4) is 5.69 Å². The van der Waals surface area contributed by atoms with E-state index >= 15 is 0 Å². The topological polar surface area (TPSA) is 50.2 Å². The predicted octanol–water partition coefficient (Wildman–Crippen LogP) is 4.08. The van der Waals surface area contributed by atoms with Crippen LogP contribution in [0.5, 0.6) is 0 Å². The monoisotopic (exact) mass is 354 g/mol. The molecule has 1 fully saturated rings. The number of hydrogen-bond donors (Lipinski definition) is 1. The molecule has 1 aliphatic rings. The molecule has 0 aliphatic heterocycles. The predicted molar refractivity (Wildman–Crippen MR) is 106 cm³/mol. The summed E-state index contributed by atoms with van der Waals surface area (Å²) in [6.45, 7) is 4.37. The van der Waals surface area contributed by atoms with Crippen molar-refractivity contribution in [1.29, 1.82) is 0 Å². The van der Waals surface area contributed by atoms with Crippen LogP contribution in [-0.4, -0.2) is 40.2 Å². The number of carbonyl (C=O) groups excluding carboxylic acids is 1. The summed E-state index contributed by atoms with van der Waals surface area (Å²) in [7, 11) is 2.07. The van der Waals surface area contributed by atoms with E-state index in [-0.39, 0.29) is 5.91 Å². The zero-order chi connectivity index (χ0) is 18.5. The van der Waals surface area contributed by atoms with Gasteiger partial charge in [0.2, 0.25) is 5.91 Å². The van der Waals surface area contributed by atoms with Crippen molar-refractivity contribution in [3.05, 3.63) is 41.7 Å². The van der Waals surface area contributed by atoms with Crippen molar-refractivity contribution >= 4 is 11.6 Å². The SMILES string of the molecule is Cc1nn(-c2ccccc2)c(C)c1NC(=O)CN(C)C1CCCCCC1. The fourth-order valence-corrected chi connectivity index (χ4v) is 3.88. The normalized spacial score (nSPS) is 15.8. The Morgan fingerprint density at radius 2 is 1.81 bits per heavy atom. The van der Waals surface area contributed by atoms with Gasteiger partial charge in [-0.1, -0.05) is 43.9 Å². The number of rotatable bonds is 5. The summed E-state index contributed by atoms with van der Waals surface area (Å²) in [5, 5.41) is 7.69. The van der Waals surface area contributed by atoms with E-state index < -0.39 is 0 Å². The Kier molecular flexibility index (Phi) is 6.09. The third-order valence-corrected chi connectivity index (χ3v) is 5.40.